The number of hydrogen-bond donors (Lipinski definition) is 1. The summed E-state index contributed by atoms with van der Waals surface area (Å²) in [6, 6.07) is 16.7. The highest BCUT2D eigenvalue weighted by Crippen LogP contribution is 2.25. The van der Waals surface area contributed by atoms with E-state index >= 15 is 0 Å². The first kappa shape index (κ1) is 14.0. The third kappa shape index (κ3) is 3.75. The smallest absolute Gasteiger partial charge is 0.0716 e. The predicted molar refractivity (Wildman–Crippen MR) is 82.7 cm³/mol. The third-order valence-corrected chi connectivity index (χ3v) is 3.79. The molecular weight excluding hydrogens is 254 g/mol. The van der Waals surface area contributed by atoms with Crippen LogP contribution < -0.4 is 5.32 Å². The molecule has 0 radical (unpaired) electrons. The van der Waals surface area contributed by atoms with Crippen LogP contribution in [-0.4, -0.2) is 13.4 Å². The maximum absolute atomic E-state index is 5.23. The maximum atomic E-state index is 5.23. The molecule has 0 atom stereocenters. The Balaban J connectivity index is 2.10. The van der Waals surface area contributed by atoms with Gasteiger partial charge in [-0.05, 0) is 29.5 Å². The molecule has 0 unspecified atom stereocenters. The van der Waals surface area contributed by atoms with Gasteiger partial charge in [-0.15, -0.1) is 11.8 Å². The molecule has 0 heterocycles. The summed E-state index contributed by atoms with van der Waals surface area (Å²) in [5, 5.41) is 3.50. The molecule has 2 aromatic carbocycles. The van der Waals surface area contributed by atoms with Crippen molar-refractivity contribution in [2.24, 2.45) is 0 Å². The van der Waals surface area contributed by atoms with E-state index in [0.717, 1.165) is 6.54 Å². The van der Waals surface area contributed by atoms with Crippen molar-refractivity contribution < 1.29 is 4.74 Å². The number of methoxy groups -OCH3 is 1. The fourth-order valence-corrected chi connectivity index (χ4v) is 2.58. The summed E-state index contributed by atoms with van der Waals surface area (Å²) in [6.45, 7) is 1.47. The fraction of sp³-hybridized carbons (Fsp3) is 0.250. The number of anilines is 1. The van der Waals surface area contributed by atoms with Crippen LogP contribution in [-0.2, 0) is 17.9 Å². The van der Waals surface area contributed by atoms with Crippen molar-refractivity contribution in [3.05, 3.63) is 59.7 Å². The second-order valence-corrected chi connectivity index (χ2v) is 5.10. The summed E-state index contributed by atoms with van der Waals surface area (Å²) in [4.78, 5) is 1.27. The monoisotopic (exact) mass is 273 g/mol. The van der Waals surface area contributed by atoms with Crippen LogP contribution in [0.5, 0.6) is 0 Å². The normalized spacial score (nSPS) is 10.4. The van der Waals surface area contributed by atoms with Gasteiger partial charge in [-0.2, -0.15) is 0 Å². The van der Waals surface area contributed by atoms with Crippen LogP contribution in [0.4, 0.5) is 5.69 Å². The van der Waals surface area contributed by atoms with E-state index in [1.54, 1.807) is 18.9 Å². The van der Waals surface area contributed by atoms with Gasteiger partial charge in [0.2, 0.25) is 0 Å². The standard InChI is InChI=1S/C16H19NOS/c1-18-12-14-8-4-3-7-13(14)11-17-15-9-5-6-10-16(15)19-2/h3-10,17H,11-12H2,1-2H3. The van der Waals surface area contributed by atoms with Crippen LogP contribution in [0.25, 0.3) is 0 Å². The van der Waals surface area contributed by atoms with Gasteiger partial charge in [-0.1, -0.05) is 36.4 Å². The molecule has 0 aliphatic heterocycles. The van der Waals surface area contributed by atoms with Gasteiger partial charge in [0.1, 0.15) is 0 Å². The van der Waals surface area contributed by atoms with Gasteiger partial charge in [0.05, 0.1) is 6.61 Å². The number of rotatable bonds is 6. The Morgan fingerprint density at radius 2 is 1.68 bits per heavy atom. The van der Waals surface area contributed by atoms with Crippen molar-refractivity contribution in [1.82, 2.24) is 0 Å². The predicted octanol–water partition coefficient (Wildman–Crippen LogP) is 4.17. The highest BCUT2D eigenvalue weighted by molar-refractivity contribution is 7.98. The van der Waals surface area contributed by atoms with E-state index in [4.69, 9.17) is 4.74 Å². The lowest BCUT2D eigenvalue weighted by Crippen LogP contribution is -2.04. The lowest BCUT2D eigenvalue weighted by atomic mass is 10.1. The van der Waals surface area contributed by atoms with E-state index in [1.165, 1.54) is 21.7 Å². The molecule has 0 aliphatic rings. The van der Waals surface area contributed by atoms with E-state index in [2.05, 4.69) is 54.0 Å². The SMILES string of the molecule is COCc1ccccc1CNc1ccccc1SC. The molecule has 0 aliphatic carbocycles. The van der Waals surface area contributed by atoms with Gasteiger partial charge in [0.15, 0.2) is 0 Å². The lowest BCUT2D eigenvalue weighted by molar-refractivity contribution is 0.184. The second-order valence-electron chi connectivity index (χ2n) is 4.26. The molecule has 0 aromatic heterocycles. The number of benzene rings is 2. The zero-order valence-corrected chi connectivity index (χ0v) is 12.2. The van der Waals surface area contributed by atoms with Crippen molar-refractivity contribution >= 4 is 17.4 Å². The summed E-state index contributed by atoms with van der Waals surface area (Å²) in [5.74, 6) is 0. The molecule has 0 spiro atoms. The van der Waals surface area contributed by atoms with E-state index in [-0.39, 0.29) is 0 Å². The summed E-state index contributed by atoms with van der Waals surface area (Å²) in [6.07, 6.45) is 2.10. The zero-order chi connectivity index (χ0) is 13.5. The Labute approximate surface area is 119 Å². The van der Waals surface area contributed by atoms with Crippen molar-refractivity contribution in [3.8, 4) is 0 Å². The maximum Gasteiger partial charge on any atom is 0.0716 e. The van der Waals surface area contributed by atoms with Gasteiger partial charge in [-0.25, -0.2) is 0 Å². The summed E-state index contributed by atoms with van der Waals surface area (Å²) < 4.78 is 5.23. The minimum atomic E-state index is 0.655. The van der Waals surface area contributed by atoms with Crippen LogP contribution >= 0.6 is 11.8 Å². The number of hydrogen-bond acceptors (Lipinski definition) is 3. The number of nitrogens with one attached hydrogen (secondary N) is 1. The van der Waals surface area contributed by atoms with Gasteiger partial charge < -0.3 is 10.1 Å². The van der Waals surface area contributed by atoms with Gasteiger partial charge in [0, 0.05) is 24.2 Å². The summed E-state index contributed by atoms with van der Waals surface area (Å²) in [5.41, 5.74) is 3.70. The second kappa shape index (κ2) is 7.22. The van der Waals surface area contributed by atoms with Gasteiger partial charge in [0.25, 0.3) is 0 Å². The van der Waals surface area contributed by atoms with Gasteiger partial charge in [-0.3, -0.25) is 0 Å². The lowest BCUT2D eigenvalue weighted by Gasteiger charge is -2.13. The largest absolute Gasteiger partial charge is 0.380 e. The minimum Gasteiger partial charge on any atom is -0.380 e. The molecule has 0 fully saturated rings. The average molecular weight is 273 g/mol. The number of para-hydroxylation sites is 1. The highest BCUT2D eigenvalue weighted by Gasteiger charge is 2.03. The van der Waals surface area contributed by atoms with Crippen molar-refractivity contribution in [2.45, 2.75) is 18.0 Å². The van der Waals surface area contributed by atoms with Crippen molar-refractivity contribution in [1.29, 1.82) is 0 Å². The Morgan fingerprint density at radius 1 is 1.00 bits per heavy atom. The van der Waals surface area contributed by atoms with Crippen LogP contribution in [0.3, 0.4) is 0 Å². The van der Waals surface area contributed by atoms with E-state index in [0.29, 0.717) is 6.61 Å². The highest BCUT2D eigenvalue weighted by atomic mass is 32.2. The molecule has 0 saturated carbocycles. The van der Waals surface area contributed by atoms with Crippen LogP contribution in [0.2, 0.25) is 0 Å². The van der Waals surface area contributed by atoms with E-state index < -0.39 is 0 Å². The minimum absolute atomic E-state index is 0.655. The van der Waals surface area contributed by atoms with Gasteiger partial charge >= 0.3 is 0 Å². The molecule has 2 nitrogen and oxygen atoms in total. The first-order valence-electron chi connectivity index (χ1n) is 6.27. The molecule has 0 saturated heterocycles. The molecule has 2 aromatic rings. The quantitative estimate of drug-likeness (QED) is 0.798. The zero-order valence-electron chi connectivity index (χ0n) is 11.3. The molecule has 2 rings (SSSR count). The summed E-state index contributed by atoms with van der Waals surface area (Å²) in [7, 11) is 1.73. The Bertz CT molecular complexity index is 528. The Morgan fingerprint density at radius 3 is 2.42 bits per heavy atom. The Kier molecular flexibility index (Phi) is 5.31. The summed E-state index contributed by atoms with van der Waals surface area (Å²) >= 11 is 1.76. The van der Waals surface area contributed by atoms with E-state index in [1.807, 2.05) is 6.07 Å². The van der Waals surface area contributed by atoms with Crippen molar-refractivity contribution in [2.75, 3.05) is 18.7 Å². The third-order valence-electron chi connectivity index (χ3n) is 2.99. The molecule has 0 amide bonds. The Hall–Kier alpha value is -1.45. The molecule has 3 heteroatoms. The fourth-order valence-electron chi connectivity index (χ4n) is 2.01. The number of ether oxygens (including phenoxy) is 1. The topological polar surface area (TPSA) is 21.3 Å². The van der Waals surface area contributed by atoms with Crippen LogP contribution in [0.1, 0.15) is 11.1 Å². The number of thioether (sulfide) groups is 1. The van der Waals surface area contributed by atoms with E-state index in [9.17, 15) is 0 Å². The molecule has 0 bridgehead atoms. The average Bonchev–Trinajstić information content (AvgIpc) is 2.47. The molecule has 100 valence electrons. The first-order chi connectivity index (χ1) is 9.35. The van der Waals surface area contributed by atoms with Crippen molar-refractivity contribution in [3.63, 3.8) is 0 Å². The molecule has 19 heavy (non-hydrogen) atoms. The molecule has 1 N–H and O–H groups in total. The molecular formula is C16H19NOS. The first-order valence-corrected chi connectivity index (χ1v) is 7.50. The van der Waals surface area contributed by atoms with Crippen LogP contribution in [0, 0.1) is 0 Å². The van der Waals surface area contributed by atoms with Crippen LogP contribution in [0.15, 0.2) is 53.4 Å².